The number of hydrogen-bond acceptors (Lipinski definition) is 1. The van der Waals surface area contributed by atoms with Crippen molar-refractivity contribution >= 4 is 17.3 Å². The lowest BCUT2D eigenvalue weighted by Crippen LogP contribution is -2.35. The Bertz CT molecular complexity index is 392. The van der Waals surface area contributed by atoms with E-state index in [0.717, 1.165) is 4.90 Å². The van der Waals surface area contributed by atoms with Crippen LogP contribution in [0.3, 0.4) is 0 Å². The second-order valence-corrected chi connectivity index (χ2v) is 4.18. The second kappa shape index (κ2) is 6.27. The predicted octanol–water partition coefficient (Wildman–Crippen LogP) is 4.34. The fourth-order valence-corrected chi connectivity index (χ4v) is 2.01. The van der Waals surface area contributed by atoms with Gasteiger partial charge in [0.1, 0.15) is 12.4 Å². The average molecular weight is 284 g/mol. The molecule has 0 aliphatic heterocycles. The lowest BCUT2D eigenvalue weighted by molar-refractivity contribution is -0.119. The van der Waals surface area contributed by atoms with Crippen LogP contribution in [0.5, 0.6) is 0 Å². The van der Waals surface area contributed by atoms with Gasteiger partial charge in [0.15, 0.2) is 0 Å². The van der Waals surface area contributed by atoms with Crippen molar-refractivity contribution in [3.8, 4) is 0 Å². The number of halogens is 5. The minimum absolute atomic E-state index is 0.108. The van der Waals surface area contributed by atoms with E-state index in [9.17, 15) is 17.6 Å². The largest absolute Gasteiger partial charge is 0.405 e. The monoisotopic (exact) mass is 283 g/mol. The SMILES string of the molecule is CCCN(CC(F)(F)F)c1cccc(F)c1CCl. The van der Waals surface area contributed by atoms with Crippen molar-refractivity contribution < 1.29 is 17.6 Å². The van der Waals surface area contributed by atoms with Crippen LogP contribution >= 0.6 is 11.6 Å². The number of rotatable bonds is 5. The Morgan fingerprint density at radius 1 is 1.28 bits per heavy atom. The van der Waals surface area contributed by atoms with Crippen LogP contribution in [-0.2, 0) is 5.88 Å². The van der Waals surface area contributed by atoms with Crippen LogP contribution in [0.1, 0.15) is 18.9 Å². The van der Waals surface area contributed by atoms with Gasteiger partial charge in [0, 0.05) is 17.8 Å². The minimum atomic E-state index is -4.33. The lowest BCUT2D eigenvalue weighted by atomic mass is 10.1. The Balaban J connectivity index is 3.09. The molecule has 0 atom stereocenters. The first kappa shape index (κ1) is 15.1. The van der Waals surface area contributed by atoms with E-state index in [1.54, 1.807) is 6.92 Å². The van der Waals surface area contributed by atoms with Crippen molar-refractivity contribution in [1.29, 1.82) is 0 Å². The number of anilines is 1. The van der Waals surface area contributed by atoms with E-state index in [4.69, 9.17) is 11.6 Å². The Hall–Kier alpha value is -0.970. The highest BCUT2D eigenvalue weighted by Crippen LogP contribution is 2.28. The zero-order valence-electron chi connectivity index (χ0n) is 9.90. The van der Waals surface area contributed by atoms with Gasteiger partial charge in [-0.15, -0.1) is 11.6 Å². The normalized spacial score (nSPS) is 11.7. The summed E-state index contributed by atoms with van der Waals surface area (Å²) in [5.41, 5.74) is 0.320. The summed E-state index contributed by atoms with van der Waals surface area (Å²) >= 11 is 5.60. The summed E-state index contributed by atoms with van der Waals surface area (Å²) in [6.07, 6.45) is -3.79. The number of benzene rings is 1. The maximum Gasteiger partial charge on any atom is 0.405 e. The molecule has 0 aliphatic rings. The molecule has 0 amide bonds. The van der Waals surface area contributed by atoms with E-state index in [0.29, 0.717) is 6.42 Å². The van der Waals surface area contributed by atoms with E-state index in [-0.39, 0.29) is 23.7 Å². The third-order valence-electron chi connectivity index (χ3n) is 2.43. The van der Waals surface area contributed by atoms with Gasteiger partial charge in [0.2, 0.25) is 0 Å². The fourth-order valence-electron chi connectivity index (χ4n) is 1.75. The first-order chi connectivity index (χ1) is 8.39. The molecule has 1 aromatic carbocycles. The second-order valence-electron chi connectivity index (χ2n) is 3.91. The molecule has 0 saturated carbocycles. The minimum Gasteiger partial charge on any atom is -0.362 e. The summed E-state index contributed by atoms with van der Waals surface area (Å²) in [6, 6.07) is 4.04. The molecule has 0 spiro atoms. The summed E-state index contributed by atoms with van der Waals surface area (Å²) in [7, 11) is 0. The number of alkyl halides is 4. The van der Waals surface area contributed by atoms with E-state index in [2.05, 4.69) is 0 Å². The van der Waals surface area contributed by atoms with Gasteiger partial charge < -0.3 is 4.90 Å². The molecule has 0 saturated heterocycles. The molecule has 1 aromatic rings. The third-order valence-corrected chi connectivity index (χ3v) is 2.70. The molecule has 1 rings (SSSR count). The molecular weight excluding hydrogens is 270 g/mol. The van der Waals surface area contributed by atoms with E-state index >= 15 is 0 Å². The predicted molar refractivity (Wildman–Crippen MR) is 64.5 cm³/mol. The molecule has 0 aliphatic carbocycles. The summed E-state index contributed by atoms with van der Waals surface area (Å²) < 4.78 is 50.9. The van der Waals surface area contributed by atoms with Gasteiger partial charge in [-0.25, -0.2) is 4.39 Å². The highest BCUT2D eigenvalue weighted by atomic mass is 35.5. The molecule has 6 heteroatoms. The van der Waals surface area contributed by atoms with Crippen molar-refractivity contribution in [2.24, 2.45) is 0 Å². The van der Waals surface area contributed by atoms with E-state index in [1.807, 2.05) is 0 Å². The van der Waals surface area contributed by atoms with Gasteiger partial charge >= 0.3 is 6.18 Å². The van der Waals surface area contributed by atoms with Crippen LogP contribution in [-0.4, -0.2) is 19.3 Å². The molecule has 18 heavy (non-hydrogen) atoms. The van der Waals surface area contributed by atoms with Crippen molar-refractivity contribution in [2.75, 3.05) is 18.0 Å². The molecule has 0 bridgehead atoms. The molecule has 0 radical (unpaired) electrons. The summed E-state index contributed by atoms with van der Waals surface area (Å²) in [5, 5.41) is 0. The van der Waals surface area contributed by atoms with Gasteiger partial charge in [-0.3, -0.25) is 0 Å². The van der Waals surface area contributed by atoms with Crippen LogP contribution in [0, 0.1) is 5.82 Å². The molecule has 0 unspecified atom stereocenters. The van der Waals surface area contributed by atoms with Gasteiger partial charge in [-0.2, -0.15) is 13.2 Å². The van der Waals surface area contributed by atoms with Crippen molar-refractivity contribution in [3.63, 3.8) is 0 Å². The smallest absolute Gasteiger partial charge is 0.362 e. The van der Waals surface area contributed by atoms with Crippen LogP contribution in [0.4, 0.5) is 23.2 Å². The Labute approximate surface area is 108 Å². The zero-order chi connectivity index (χ0) is 13.8. The first-order valence-corrected chi connectivity index (χ1v) is 6.07. The van der Waals surface area contributed by atoms with Crippen molar-refractivity contribution in [1.82, 2.24) is 0 Å². The number of nitrogens with zero attached hydrogens (tertiary/aromatic N) is 1. The standard InChI is InChI=1S/C12H14ClF4N/c1-2-6-18(8-12(15,16)17)11-5-3-4-10(14)9(11)7-13/h3-5H,2,6-8H2,1H3. The number of hydrogen-bond donors (Lipinski definition) is 0. The van der Waals surface area contributed by atoms with Crippen LogP contribution in [0.15, 0.2) is 18.2 Å². The first-order valence-electron chi connectivity index (χ1n) is 5.54. The van der Waals surface area contributed by atoms with Gasteiger partial charge in [-0.1, -0.05) is 13.0 Å². The molecule has 102 valence electrons. The third kappa shape index (κ3) is 4.05. The molecule has 0 fully saturated rings. The fraction of sp³-hybridized carbons (Fsp3) is 0.500. The molecule has 0 aromatic heterocycles. The lowest BCUT2D eigenvalue weighted by Gasteiger charge is -2.27. The highest BCUT2D eigenvalue weighted by molar-refractivity contribution is 6.17. The Kier molecular flexibility index (Phi) is 5.26. The van der Waals surface area contributed by atoms with Crippen LogP contribution in [0.25, 0.3) is 0 Å². The van der Waals surface area contributed by atoms with Gasteiger partial charge in [0.25, 0.3) is 0 Å². The highest BCUT2D eigenvalue weighted by Gasteiger charge is 2.31. The Morgan fingerprint density at radius 2 is 1.94 bits per heavy atom. The summed E-state index contributed by atoms with van der Waals surface area (Å²) in [6.45, 7) is 0.865. The van der Waals surface area contributed by atoms with E-state index in [1.165, 1.54) is 18.2 Å². The summed E-state index contributed by atoms with van der Waals surface area (Å²) in [4.78, 5) is 1.11. The summed E-state index contributed by atoms with van der Waals surface area (Å²) in [5.74, 6) is -0.731. The topological polar surface area (TPSA) is 3.24 Å². The maximum absolute atomic E-state index is 13.5. The molecular formula is C12H14ClF4N. The maximum atomic E-state index is 13.5. The van der Waals surface area contributed by atoms with E-state index < -0.39 is 18.5 Å². The van der Waals surface area contributed by atoms with Gasteiger partial charge in [-0.05, 0) is 18.6 Å². The molecule has 0 N–H and O–H groups in total. The average Bonchev–Trinajstić information content (AvgIpc) is 2.26. The van der Waals surface area contributed by atoms with Crippen LogP contribution in [0.2, 0.25) is 0 Å². The van der Waals surface area contributed by atoms with Crippen molar-refractivity contribution in [3.05, 3.63) is 29.6 Å². The zero-order valence-corrected chi connectivity index (χ0v) is 10.7. The van der Waals surface area contributed by atoms with Crippen molar-refractivity contribution in [2.45, 2.75) is 25.4 Å². The molecule has 1 nitrogen and oxygen atoms in total. The Morgan fingerprint density at radius 3 is 2.44 bits per heavy atom. The van der Waals surface area contributed by atoms with Crippen LogP contribution < -0.4 is 4.90 Å². The quantitative estimate of drug-likeness (QED) is 0.574. The molecule has 0 heterocycles. The van der Waals surface area contributed by atoms with Gasteiger partial charge in [0.05, 0.1) is 5.88 Å².